The SMILES string of the molecule is CCOc1ccccc1NC(=O)CN1CCN(c2cc(Cl)ccc2Cl)CC1. The van der Waals surface area contributed by atoms with Crippen LogP contribution in [0.1, 0.15) is 6.92 Å². The van der Waals surface area contributed by atoms with E-state index in [1.807, 2.05) is 43.3 Å². The maximum atomic E-state index is 12.4. The lowest BCUT2D eigenvalue weighted by Crippen LogP contribution is -2.48. The molecule has 3 rings (SSSR count). The number of para-hydroxylation sites is 2. The molecular weight excluding hydrogens is 385 g/mol. The molecule has 0 saturated carbocycles. The van der Waals surface area contributed by atoms with E-state index in [1.165, 1.54) is 0 Å². The van der Waals surface area contributed by atoms with Crippen molar-refractivity contribution in [3.05, 3.63) is 52.5 Å². The number of ether oxygens (including phenoxy) is 1. The molecule has 2 aromatic carbocycles. The molecule has 27 heavy (non-hydrogen) atoms. The standard InChI is InChI=1S/C20H23Cl2N3O2/c1-2-27-19-6-4-3-5-17(19)23-20(26)14-24-9-11-25(12-10-24)18-13-15(21)7-8-16(18)22/h3-8,13H,2,9-12,14H2,1H3,(H,23,26). The van der Waals surface area contributed by atoms with Crippen molar-refractivity contribution in [2.45, 2.75) is 6.92 Å². The number of anilines is 2. The van der Waals surface area contributed by atoms with Gasteiger partial charge in [-0.15, -0.1) is 0 Å². The molecule has 1 aliphatic rings. The molecule has 5 nitrogen and oxygen atoms in total. The van der Waals surface area contributed by atoms with Gasteiger partial charge in [-0.3, -0.25) is 9.69 Å². The van der Waals surface area contributed by atoms with Gasteiger partial charge < -0.3 is 15.0 Å². The number of halogens is 2. The summed E-state index contributed by atoms with van der Waals surface area (Å²) in [5.41, 5.74) is 1.65. The topological polar surface area (TPSA) is 44.8 Å². The summed E-state index contributed by atoms with van der Waals surface area (Å²) in [5.74, 6) is 0.644. The zero-order valence-electron chi connectivity index (χ0n) is 15.3. The van der Waals surface area contributed by atoms with E-state index < -0.39 is 0 Å². The number of hydrogen-bond acceptors (Lipinski definition) is 4. The second kappa shape index (κ2) is 9.31. The molecule has 0 unspecified atom stereocenters. The molecule has 1 aliphatic heterocycles. The van der Waals surface area contributed by atoms with Crippen LogP contribution >= 0.6 is 23.2 Å². The molecular formula is C20H23Cl2N3O2. The largest absolute Gasteiger partial charge is 0.492 e. The Morgan fingerprint density at radius 3 is 2.59 bits per heavy atom. The van der Waals surface area contributed by atoms with Crippen LogP contribution in [0.3, 0.4) is 0 Å². The van der Waals surface area contributed by atoms with E-state index in [0.29, 0.717) is 34.6 Å². The summed E-state index contributed by atoms with van der Waals surface area (Å²) >= 11 is 12.4. The second-order valence-electron chi connectivity index (χ2n) is 6.34. The van der Waals surface area contributed by atoms with Crippen molar-refractivity contribution < 1.29 is 9.53 Å². The fraction of sp³-hybridized carbons (Fsp3) is 0.350. The molecule has 1 heterocycles. The predicted octanol–water partition coefficient (Wildman–Crippen LogP) is 4.15. The van der Waals surface area contributed by atoms with Crippen molar-refractivity contribution >= 4 is 40.5 Å². The van der Waals surface area contributed by atoms with E-state index in [4.69, 9.17) is 27.9 Å². The molecule has 0 bridgehead atoms. The number of piperazine rings is 1. The number of benzene rings is 2. The molecule has 1 fully saturated rings. The third kappa shape index (κ3) is 5.28. The number of amides is 1. The van der Waals surface area contributed by atoms with Crippen LogP contribution in [0.2, 0.25) is 10.0 Å². The highest BCUT2D eigenvalue weighted by molar-refractivity contribution is 6.35. The average molecular weight is 408 g/mol. The number of carbonyl (C=O) groups is 1. The Morgan fingerprint density at radius 1 is 1.11 bits per heavy atom. The van der Waals surface area contributed by atoms with Crippen molar-refractivity contribution in [2.24, 2.45) is 0 Å². The zero-order chi connectivity index (χ0) is 19.2. The van der Waals surface area contributed by atoms with Crippen LogP contribution in [0.15, 0.2) is 42.5 Å². The van der Waals surface area contributed by atoms with Crippen LogP contribution < -0.4 is 15.0 Å². The Labute approximate surface area is 169 Å². The van der Waals surface area contributed by atoms with Crippen LogP contribution in [0.5, 0.6) is 5.75 Å². The highest BCUT2D eigenvalue weighted by atomic mass is 35.5. The molecule has 144 valence electrons. The minimum Gasteiger partial charge on any atom is -0.492 e. The number of rotatable bonds is 6. The van der Waals surface area contributed by atoms with Gasteiger partial charge in [-0.2, -0.15) is 0 Å². The van der Waals surface area contributed by atoms with Crippen molar-refractivity contribution in [1.82, 2.24) is 4.90 Å². The summed E-state index contributed by atoms with van der Waals surface area (Å²) in [5, 5.41) is 4.31. The first-order valence-electron chi connectivity index (χ1n) is 9.01. The first-order valence-corrected chi connectivity index (χ1v) is 9.76. The molecule has 1 N–H and O–H groups in total. The summed E-state index contributed by atoms with van der Waals surface area (Å²) in [6.45, 7) is 5.97. The lowest BCUT2D eigenvalue weighted by molar-refractivity contribution is -0.117. The fourth-order valence-electron chi connectivity index (χ4n) is 3.12. The average Bonchev–Trinajstić information content (AvgIpc) is 2.66. The highest BCUT2D eigenvalue weighted by Crippen LogP contribution is 2.29. The van der Waals surface area contributed by atoms with Crippen LogP contribution in [0.25, 0.3) is 0 Å². The number of nitrogens with zero attached hydrogens (tertiary/aromatic N) is 2. The third-order valence-corrected chi connectivity index (χ3v) is 5.00. The van der Waals surface area contributed by atoms with Gasteiger partial charge >= 0.3 is 0 Å². The normalized spacial score (nSPS) is 14.9. The van der Waals surface area contributed by atoms with Gasteiger partial charge in [0.15, 0.2) is 0 Å². The van der Waals surface area contributed by atoms with Crippen molar-refractivity contribution in [3.63, 3.8) is 0 Å². The van der Waals surface area contributed by atoms with Crippen LogP contribution in [0.4, 0.5) is 11.4 Å². The molecule has 0 atom stereocenters. The molecule has 0 aliphatic carbocycles. The minimum absolute atomic E-state index is 0.0450. The summed E-state index contributed by atoms with van der Waals surface area (Å²) in [6, 6.07) is 13.0. The van der Waals surface area contributed by atoms with Gasteiger partial charge in [0.05, 0.1) is 29.5 Å². The molecule has 0 aromatic heterocycles. The van der Waals surface area contributed by atoms with Crippen molar-refractivity contribution in [1.29, 1.82) is 0 Å². The highest BCUT2D eigenvalue weighted by Gasteiger charge is 2.21. The summed E-state index contributed by atoms with van der Waals surface area (Å²) in [6.07, 6.45) is 0. The number of carbonyl (C=O) groups excluding carboxylic acids is 1. The molecule has 2 aromatic rings. The zero-order valence-corrected chi connectivity index (χ0v) is 16.8. The van der Waals surface area contributed by atoms with E-state index in [1.54, 1.807) is 6.07 Å². The Kier molecular flexibility index (Phi) is 6.83. The van der Waals surface area contributed by atoms with E-state index >= 15 is 0 Å². The van der Waals surface area contributed by atoms with E-state index in [9.17, 15) is 4.79 Å². The van der Waals surface area contributed by atoms with E-state index in [0.717, 1.165) is 31.9 Å². The fourth-order valence-corrected chi connectivity index (χ4v) is 3.52. The predicted molar refractivity (Wildman–Crippen MR) is 111 cm³/mol. The van der Waals surface area contributed by atoms with Gasteiger partial charge in [0.2, 0.25) is 5.91 Å². The van der Waals surface area contributed by atoms with Gasteiger partial charge in [-0.25, -0.2) is 0 Å². The van der Waals surface area contributed by atoms with Gasteiger partial charge in [-0.05, 0) is 37.3 Å². The number of nitrogens with one attached hydrogen (secondary N) is 1. The third-order valence-electron chi connectivity index (χ3n) is 4.45. The summed E-state index contributed by atoms with van der Waals surface area (Å²) < 4.78 is 5.55. The monoisotopic (exact) mass is 407 g/mol. The van der Waals surface area contributed by atoms with Crippen LogP contribution in [-0.4, -0.2) is 50.1 Å². The molecule has 0 spiro atoms. The Balaban J connectivity index is 1.53. The minimum atomic E-state index is -0.0450. The van der Waals surface area contributed by atoms with Crippen LogP contribution in [-0.2, 0) is 4.79 Å². The molecule has 1 amide bonds. The van der Waals surface area contributed by atoms with Gasteiger partial charge in [0, 0.05) is 31.2 Å². The first kappa shape index (κ1) is 19.8. The van der Waals surface area contributed by atoms with Crippen molar-refractivity contribution in [2.75, 3.05) is 49.5 Å². The Bertz CT molecular complexity index is 793. The summed E-state index contributed by atoms with van der Waals surface area (Å²) in [7, 11) is 0. The van der Waals surface area contributed by atoms with E-state index in [-0.39, 0.29) is 5.91 Å². The van der Waals surface area contributed by atoms with Crippen LogP contribution in [0, 0.1) is 0 Å². The second-order valence-corrected chi connectivity index (χ2v) is 7.18. The lowest BCUT2D eigenvalue weighted by atomic mass is 10.2. The maximum absolute atomic E-state index is 12.4. The summed E-state index contributed by atoms with van der Waals surface area (Å²) in [4.78, 5) is 16.8. The maximum Gasteiger partial charge on any atom is 0.238 e. The molecule has 1 saturated heterocycles. The number of hydrogen-bond donors (Lipinski definition) is 1. The van der Waals surface area contributed by atoms with Gasteiger partial charge in [-0.1, -0.05) is 35.3 Å². The van der Waals surface area contributed by atoms with Gasteiger partial charge in [0.1, 0.15) is 5.75 Å². The molecule has 0 radical (unpaired) electrons. The van der Waals surface area contributed by atoms with E-state index in [2.05, 4.69) is 15.1 Å². The Hall–Kier alpha value is -1.95. The smallest absolute Gasteiger partial charge is 0.238 e. The quantitative estimate of drug-likeness (QED) is 0.780. The van der Waals surface area contributed by atoms with Crippen molar-refractivity contribution in [3.8, 4) is 5.75 Å². The first-order chi connectivity index (χ1) is 13.1. The van der Waals surface area contributed by atoms with Gasteiger partial charge in [0.25, 0.3) is 0 Å². The Morgan fingerprint density at radius 2 is 1.85 bits per heavy atom. The lowest BCUT2D eigenvalue weighted by Gasteiger charge is -2.36. The molecule has 7 heteroatoms.